The van der Waals surface area contributed by atoms with Crippen molar-refractivity contribution in [2.75, 3.05) is 13.6 Å². The van der Waals surface area contributed by atoms with Crippen LogP contribution in [0.25, 0.3) is 11.3 Å². The number of carboxylic acid groups (broad SMARTS) is 1. The van der Waals surface area contributed by atoms with Gasteiger partial charge in [-0.05, 0) is 38.1 Å². The fourth-order valence-electron chi connectivity index (χ4n) is 4.13. The lowest BCUT2D eigenvalue weighted by atomic mass is 9.87. The fraction of sp³-hybridized carbons (Fsp3) is 0.381. The van der Waals surface area contributed by atoms with Crippen LogP contribution in [0, 0.1) is 0 Å². The molecule has 7 nitrogen and oxygen atoms in total. The summed E-state index contributed by atoms with van der Waals surface area (Å²) in [5, 5.41) is 9.69. The monoisotopic (exact) mass is 385 g/mol. The van der Waals surface area contributed by atoms with Crippen molar-refractivity contribution in [2.45, 2.75) is 39.3 Å². The number of fused-ring (bicyclic) bond motifs is 1. The Morgan fingerprint density at radius 3 is 2.57 bits per heavy atom. The molecule has 0 saturated heterocycles. The number of rotatable bonds is 4. The van der Waals surface area contributed by atoms with Gasteiger partial charge in [0.05, 0.1) is 26.1 Å². The third-order valence-corrected chi connectivity index (χ3v) is 5.98. The molecule has 1 unspecified atom stereocenters. The fourth-order valence-corrected chi connectivity index (χ4v) is 4.13. The SMILES string of the molecule is CCN(C(=O)O)C1C[C@H](C)[N@+](C)(C(C)=O)c2ccc(-c3ccc(C=O)o3)cc21. The summed E-state index contributed by atoms with van der Waals surface area (Å²) in [4.78, 5) is 36.7. The standard InChI is InChI=1S/C21H24N2O5/c1-5-22(21(26)27)18-10-13(2)23(4,14(3)25)19-8-6-15(11-17(18)19)20-9-7-16(12-24)28-20/h6-9,11-13,18H,5,10H2,1-4H3/p+1/t13-,18?,23+/m0/s1. The zero-order valence-corrected chi connectivity index (χ0v) is 16.5. The molecule has 0 spiro atoms. The predicted octanol–water partition coefficient (Wildman–Crippen LogP) is 4.08. The lowest BCUT2D eigenvalue weighted by Crippen LogP contribution is -2.60. The molecule has 1 aliphatic rings. The minimum absolute atomic E-state index is 0.000404. The smallest absolute Gasteiger partial charge is 0.407 e. The Morgan fingerprint density at radius 2 is 2.04 bits per heavy atom. The maximum Gasteiger partial charge on any atom is 0.407 e. The van der Waals surface area contributed by atoms with Gasteiger partial charge in [0.15, 0.2) is 12.0 Å². The maximum atomic E-state index is 12.6. The van der Waals surface area contributed by atoms with Gasteiger partial charge in [0.25, 0.3) is 0 Å². The highest BCUT2D eigenvalue weighted by Gasteiger charge is 2.47. The third-order valence-electron chi connectivity index (χ3n) is 5.98. The summed E-state index contributed by atoms with van der Waals surface area (Å²) in [5.74, 6) is 0.750. The van der Waals surface area contributed by atoms with E-state index >= 15 is 0 Å². The number of amides is 2. The molecule has 2 amide bonds. The molecular formula is C21H25N2O5+. The van der Waals surface area contributed by atoms with Gasteiger partial charge in [0, 0.05) is 30.2 Å². The van der Waals surface area contributed by atoms with Crippen LogP contribution in [0.2, 0.25) is 0 Å². The average Bonchev–Trinajstić information content (AvgIpc) is 3.14. The van der Waals surface area contributed by atoms with E-state index in [-0.39, 0.29) is 28.2 Å². The van der Waals surface area contributed by atoms with Crippen LogP contribution in [0.3, 0.4) is 0 Å². The topological polar surface area (TPSA) is 87.8 Å². The molecule has 2 aromatic rings. The number of furan rings is 1. The predicted molar refractivity (Wildman–Crippen MR) is 105 cm³/mol. The second-order valence-electron chi connectivity index (χ2n) is 7.36. The van der Waals surface area contributed by atoms with Gasteiger partial charge in [-0.15, -0.1) is 0 Å². The van der Waals surface area contributed by atoms with Crippen molar-refractivity contribution in [3.63, 3.8) is 0 Å². The molecule has 1 aromatic heterocycles. The van der Waals surface area contributed by atoms with E-state index in [0.717, 1.165) is 16.8 Å². The highest BCUT2D eigenvalue weighted by Crippen LogP contribution is 2.45. The molecule has 1 aliphatic heterocycles. The quantitative estimate of drug-likeness (QED) is 0.633. The first-order chi connectivity index (χ1) is 13.2. The van der Waals surface area contributed by atoms with Gasteiger partial charge >= 0.3 is 12.0 Å². The van der Waals surface area contributed by atoms with Gasteiger partial charge in [-0.2, -0.15) is 0 Å². The number of carbonyl (C=O) groups excluding carboxylic acids is 2. The lowest BCUT2D eigenvalue weighted by molar-refractivity contribution is -0.129. The van der Waals surface area contributed by atoms with Crippen LogP contribution in [0.1, 0.15) is 49.4 Å². The minimum Gasteiger partial charge on any atom is -0.465 e. The van der Waals surface area contributed by atoms with Crippen molar-refractivity contribution < 1.29 is 23.9 Å². The van der Waals surface area contributed by atoms with E-state index in [0.29, 0.717) is 25.0 Å². The number of hydrogen-bond acceptors (Lipinski definition) is 4. The lowest BCUT2D eigenvalue weighted by Gasteiger charge is -2.45. The first kappa shape index (κ1) is 19.8. The highest BCUT2D eigenvalue weighted by molar-refractivity contribution is 5.89. The maximum absolute atomic E-state index is 12.6. The summed E-state index contributed by atoms with van der Waals surface area (Å²) >= 11 is 0. The van der Waals surface area contributed by atoms with Gasteiger partial charge in [0.2, 0.25) is 0 Å². The molecule has 148 valence electrons. The molecule has 0 bridgehead atoms. The van der Waals surface area contributed by atoms with E-state index in [1.807, 2.05) is 32.2 Å². The highest BCUT2D eigenvalue weighted by atomic mass is 16.4. The molecule has 1 N–H and O–H groups in total. The summed E-state index contributed by atoms with van der Waals surface area (Å²) < 4.78 is 5.64. The summed E-state index contributed by atoms with van der Waals surface area (Å²) in [5.41, 5.74) is 2.33. The minimum atomic E-state index is -0.990. The van der Waals surface area contributed by atoms with Crippen molar-refractivity contribution in [1.29, 1.82) is 0 Å². The molecule has 7 heteroatoms. The molecular weight excluding hydrogens is 360 g/mol. The molecule has 0 fully saturated rings. The molecule has 0 radical (unpaired) electrons. The molecule has 2 heterocycles. The number of benzene rings is 1. The van der Waals surface area contributed by atoms with E-state index in [1.165, 1.54) is 4.90 Å². The summed E-state index contributed by atoms with van der Waals surface area (Å²) in [6.45, 7) is 5.69. The van der Waals surface area contributed by atoms with Crippen molar-refractivity contribution in [3.8, 4) is 11.3 Å². The van der Waals surface area contributed by atoms with Crippen LogP contribution in [-0.2, 0) is 4.79 Å². The van der Waals surface area contributed by atoms with Gasteiger partial charge in [-0.1, -0.05) is 0 Å². The number of hydrogen-bond donors (Lipinski definition) is 1. The summed E-state index contributed by atoms with van der Waals surface area (Å²) in [6, 6.07) is 8.46. The van der Waals surface area contributed by atoms with Crippen LogP contribution >= 0.6 is 0 Å². The summed E-state index contributed by atoms with van der Waals surface area (Å²) in [6.07, 6.45) is 0.181. The van der Waals surface area contributed by atoms with Gasteiger partial charge in [-0.3, -0.25) is 4.79 Å². The van der Waals surface area contributed by atoms with Crippen molar-refractivity contribution >= 4 is 24.0 Å². The van der Waals surface area contributed by atoms with E-state index in [2.05, 4.69) is 0 Å². The van der Waals surface area contributed by atoms with Crippen LogP contribution < -0.4 is 4.48 Å². The van der Waals surface area contributed by atoms with Crippen LogP contribution in [0.5, 0.6) is 0 Å². The molecule has 1 aromatic carbocycles. The zero-order chi connectivity index (χ0) is 20.6. The van der Waals surface area contributed by atoms with Crippen LogP contribution in [0.4, 0.5) is 10.5 Å². The zero-order valence-electron chi connectivity index (χ0n) is 16.5. The molecule has 3 rings (SSSR count). The van der Waals surface area contributed by atoms with E-state index in [1.54, 1.807) is 26.0 Å². The van der Waals surface area contributed by atoms with Gasteiger partial charge < -0.3 is 14.4 Å². The van der Waals surface area contributed by atoms with Gasteiger partial charge in [0.1, 0.15) is 11.4 Å². The number of aldehydes is 1. The molecule has 0 saturated carbocycles. The van der Waals surface area contributed by atoms with Crippen LogP contribution in [0.15, 0.2) is 34.7 Å². The first-order valence-corrected chi connectivity index (χ1v) is 9.30. The van der Waals surface area contributed by atoms with Crippen molar-refractivity contribution in [2.24, 2.45) is 0 Å². The number of nitrogens with zero attached hydrogens (tertiary/aromatic N) is 2. The van der Waals surface area contributed by atoms with E-state index in [9.17, 15) is 19.5 Å². The van der Waals surface area contributed by atoms with Crippen molar-refractivity contribution in [1.82, 2.24) is 9.38 Å². The Kier molecular flexibility index (Phi) is 5.12. The molecule has 0 aliphatic carbocycles. The molecule has 28 heavy (non-hydrogen) atoms. The Balaban J connectivity index is 2.21. The van der Waals surface area contributed by atoms with Crippen molar-refractivity contribution in [3.05, 3.63) is 41.7 Å². The normalized spacial score (nSPS) is 23.7. The summed E-state index contributed by atoms with van der Waals surface area (Å²) in [7, 11) is 1.87. The van der Waals surface area contributed by atoms with Crippen LogP contribution in [-0.4, -0.2) is 47.9 Å². The third kappa shape index (κ3) is 3.01. The second-order valence-corrected chi connectivity index (χ2v) is 7.36. The van der Waals surface area contributed by atoms with E-state index in [4.69, 9.17) is 4.42 Å². The number of quaternary nitrogens is 1. The number of carbonyl (C=O) groups is 3. The first-order valence-electron chi connectivity index (χ1n) is 9.30. The van der Waals surface area contributed by atoms with E-state index < -0.39 is 6.09 Å². The second kappa shape index (κ2) is 7.24. The Labute approximate surface area is 163 Å². The average molecular weight is 385 g/mol. The Bertz CT molecular complexity index is 935. The Hall–Kier alpha value is -2.93. The molecule has 3 atom stereocenters. The van der Waals surface area contributed by atoms with Gasteiger partial charge in [-0.25, -0.2) is 14.1 Å². The Morgan fingerprint density at radius 1 is 1.32 bits per heavy atom. The largest absolute Gasteiger partial charge is 0.465 e.